The first kappa shape index (κ1) is 19.6. The Balaban J connectivity index is 1.60. The number of hydrogen-bond donors (Lipinski definition) is 2. The van der Waals surface area contributed by atoms with Gasteiger partial charge in [0.2, 0.25) is 0 Å². The van der Waals surface area contributed by atoms with Crippen LogP contribution in [0, 0.1) is 5.92 Å². The van der Waals surface area contributed by atoms with E-state index in [4.69, 9.17) is 0 Å². The summed E-state index contributed by atoms with van der Waals surface area (Å²) in [5, 5.41) is 13.1. The van der Waals surface area contributed by atoms with Gasteiger partial charge in [0.1, 0.15) is 0 Å². The number of piperidine rings is 3. The predicted octanol–water partition coefficient (Wildman–Crippen LogP) is 1.23. The van der Waals surface area contributed by atoms with E-state index >= 15 is 0 Å². The summed E-state index contributed by atoms with van der Waals surface area (Å²) >= 11 is 0. The number of nitrogens with one attached hydrogen (secondary N) is 1. The van der Waals surface area contributed by atoms with Gasteiger partial charge in [-0.1, -0.05) is 6.42 Å². The quantitative estimate of drug-likeness (QED) is 0.753. The van der Waals surface area contributed by atoms with E-state index < -0.39 is 0 Å². The maximum absolute atomic E-state index is 9.48. The highest BCUT2D eigenvalue weighted by molar-refractivity contribution is 4.92. The van der Waals surface area contributed by atoms with Crippen LogP contribution in [0.15, 0.2) is 0 Å². The van der Waals surface area contributed by atoms with Crippen molar-refractivity contribution in [3.63, 3.8) is 0 Å². The second-order valence-corrected chi connectivity index (χ2v) is 8.69. The molecule has 5 heteroatoms. The van der Waals surface area contributed by atoms with Crippen LogP contribution in [-0.2, 0) is 0 Å². The third-order valence-corrected chi connectivity index (χ3v) is 6.98. The summed E-state index contributed by atoms with van der Waals surface area (Å²) in [5.41, 5.74) is 0. The number of likely N-dealkylation sites (tertiary alicyclic amines) is 2. The lowest BCUT2D eigenvalue weighted by Crippen LogP contribution is -2.58. The first-order valence-corrected chi connectivity index (χ1v) is 10.6. The molecule has 3 saturated heterocycles. The van der Waals surface area contributed by atoms with Gasteiger partial charge in [0.15, 0.2) is 0 Å². The highest BCUT2D eigenvalue weighted by atomic mass is 16.3. The first-order chi connectivity index (χ1) is 12.2. The van der Waals surface area contributed by atoms with Gasteiger partial charge in [-0.05, 0) is 84.7 Å². The molecule has 3 rings (SSSR count). The Morgan fingerprint density at radius 1 is 1.08 bits per heavy atom. The molecule has 3 unspecified atom stereocenters. The molecule has 3 fully saturated rings. The van der Waals surface area contributed by atoms with Gasteiger partial charge in [0.05, 0.1) is 0 Å². The van der Waals surface area contributed by atoms with Crippen molar-refractivity contribution >= 4 is 0 Å². The van der Waals surface area contributed by atoms with Gasteiger partial charge in [0, 0.05) is 37.8 Å². The molecule has 3 aliphatic rings. The van der Waals surface area contributed by atoms with Crippen molar-refractivity contribution in [2.75, 3.05) is 60.0 Å². The van der Waals surface area contributed by atoms with E-state index in [1.54, 1.807) is 0 Å². The van der Waals surface area contributed by atoms with E-state index in [-0.39, 0.29) is 0 Å². The van der Waals surface area contributed by atoms with Gasteiger partial charge in [-0.3, -0.25) is 4.90 Å². The van der Waals surface area contributed by atoms with E-state index in [2.05, 4.69) is 34.1 Å². The maximum atomic E-state index is 9.48. The fourth-order valence-corrected chi connectivity index (χ4v) is 5.37. The molecular formula is C20H40N4O. The van der Waals surface area contributed by atoms with Crippen molar-refractivity contribution in [1.29, 1.82) is 0 Å². The summed E-state index contributed by atoms with van der Waals surface area (Å²) in [7, 11) is 4.60. The molecule has 0 radical (unpaired) electrons. The molecule has 5 nitrogen and oxygen atoms in total. The van der Waals surface area contributed by atoms with Gasteiger partial charge < -0.3 is 20.2 Å². The zero-order valence-electron chi connectivity index (χ0n) is 16.5. The van der Waals surface area contributed by atoms with Crippen LogP contribution in [0.5, 0.6) is 0 Å². The molecule has 0 saturated carbocycles. The Labute approximate surface area is 154 Å². The zero-order chi connectivity index (χ0) is 17.6. The first-order valence-electron chi connectivity index (χ1n) is 10.6. The summed E-state index contributed by atoms with van der Waals surface area (Å²) < 4.78 is 0. The molecular weight excluding hydrogens is 312 g/mol. The number of aliphatic hydroxyl groups is 1. The summed E-state index contributed by atoms with van der Waals surface area (Å²) in [6, 6.07) is 2.01. The molecule has 0 spiro atoms. The predicted molar refractivity (Wildman–Crippen MR) is 104 cm³/mol. The molecule has 0 aromatic heterocycles. The zero-order valence-corrected chi connectivity index (χ0v) is 16.5. The van der Waals surface area contributed by atoms with Crippen molar-refractivity contribution in [3.8, 4) is 0 Å². The van der Waals surface area contributed by atoms with E-state index in [1.165, 1.54) is 71.2 Å². The Bertz CT molecular complexity index is 384. The fraction of sp³-hybridized carbons (Fsp3) is 1.00. The van der Waals surface area contributed by atoms with Crippen LogP contribution in [0.3, 0.4) is 0 Å². The van der Waals surface area contributed by atoms with Crippen molar-refractivity contribution < 1.29 is 5.11 Å². The standard InChI is InChI=1S/C20H40N4O/c1-22-12-7-18(8-13-22)23(2)16-17-6-10-21-15-20(17)24-11-4-3-5-19(24)9-14-25/h17-21,25H,3-16H2,1-2H3. The highest BCUT2D eigenvalue weighted by Crippen LogP contribution is 2.29. The van der Waals surface area contributed by atoms with Crippen molar-refractivity contribution in [2.45, 2.75) is 63.1 Å². The van der Waals surface area contributed by atoms with Gasteiger partial charge in [0.25, 0.3) is 0 Å². The normalized spacial score (nSPS) is 33.8. The highest BCUT2D eigenvalue weighted by Gasteiger charge is 2.36. The lowest BCUT2D eigenvalue weighted by Gasteiger charge is -2.48. The molecule has 0 amide bonds. The second-order valence-electron chi connectivity index (χ2n) is 8.69. The van der Waals surface area contributed by atoms with Crippen LogP contribution in [0.4, 0.5) is 0 Å². The van der Waals surface area contributed by atoms with Crippen LogP contribution in [-0.4, -0.2) is 97.9 Å². The van der Waals surface area contributed by atoms with Gasteiger partial charge in [-0.25, -0.2) is 0 Å². The van der Waals surface area contributed by atoms with E-state index in [9.17, 15) is 5.11 Å². The molecule has 2 N–H and O–H groups in total. The average Bonchev–Trinajstić information content (AvgIpc) is 2.63. The average molecular weight is 353 g/mol. The summed E-state index contributed by atoms with van der Waals surface area (Å²) in [4.78, 5) is 7.89. The fourth-order valence-electron chi connectivity index (χ4n) is 5.37. The lowest BCUT2D eigenvalue weighted by atomic mass is 9.86. The minimum Gasteiger partial charge on any atom is -0.396 e. The molecule has 0 aromatic rings. The van der Waals surface area contributed by atoms with Crippen molar-refractivity contribution in [1.82, 2.24) is 20.0 Å². The van der Waals surface area contributed by atoms with Gasteiger partial charge in [-0.15, -0.1) is 0 Å². The summed E-state index contributed by atoms with van der Waals surface area (Å²) in [5.74, 6) is 0.769. The van der Waals surface area contributed by atoms with E-state index in [0.717, 1.165) is 24.9 Å². The molecule has 3 aliphatic heterocycles. The van der Waals surface area contributed by atoms with Gasteiger partial charge >= 0.3 is 0 Å². The summed E-state index contributed by atoms with van der Waals surface area (Å²) in [6.45, 7) is 7.59. The van der Waals surface area contributed by atoms with Crippen LogP contribution < -0.4 is 5.32 Å². The van der Waals surface area contributed by atoms with E-state index in [0.29, 0.717) is 18.7 Å². The SMILES string of the molecule is CN1CCC(N(C)CC2CCNCC2N2CCCCC2CCO)CC1. The lowest BCUT2D eigenvalue weighted by molar-refractivity contribution is 0.0178. The minimum absolute atomic E-state index is 0.335. The van der Waals surface area contributed by atoms with E-state index in [1.807, 2.05) is 0 Å². The number of hydrogen-bond acceptors (Lipinski definition) is 5. The minimum atomic E-state index is 0.335. The maximum Gasteiger partial charge on any atom is 0.0445 e. The molecule has 0 aromatic carbocycles. The molecule has 0 bridgehead atoms. The smallest absolute Gasteiger partial charge is 0.0445 e. The topological polar surface area (TPSA) is 42.0 Å². The van der Waals surface area contributed by atoms with Crippen molar-refractivity contribution in [2.24, 2.45) is 5.92 Å². The third kappa shape index (κ3) is 5.16. The second kappa shape index (κ2) is 9.65. The van der Waals surface area contributed by atoms with Crippen molar-refractivity contribution in [3.05, 3.63) is 0 Å². The Morgan fingerprint density at radius 3 is 2.64 bits per heavy atom. The molecule has 25 heavy (non-hydrogen) atoms. The van der Waals surface area contributed by atoms with Gasteiger partial charge in [-0.2, -0.15) is 0 Å². The van der Waals surface area contributed by atoms with Crippen LogP contribution in [0.1, 0.15) is 44.9 Å². The Morgan fingerprint density at radius 2 is 1.88 bits per heavy atom. The Hall–Kier alpha value is -0.200. The summed E-state index contributed by atoms with van der Waals surface area (Å²) in [6.07, 6.45) is 8.82. The molecule has 0 aliphatic carbocycles. The molecule has 3 atom stereocenters. The molecule has 146 valence electrons. The number of nitrogens with zero attached hydrogens (tertiary/aromatic N) is 3. The molecule has 3 heterocycles. The number of rotatable bonds is 6. The monoisotopic (exact) mass is 352 g/mol. The van der Waals surface area contributed by atoms with Crippen LogP contribution in [0.25, 0.3) is 0 Å². The Kier molecular flexibility index (Phi) is 7.55. The van der Waals surface area contributed by atoms with Crippen LogP contribution in [0.2, 0.25) is 0 Å². The third-order valence-electron chi connectivity index (χ3n) is 6.98. The largest absolute Gasteiger partial charge is 0.396 e. The number of aliphatic hydroxyl groups excluding tert-OH is 1. The van der Waals surface area contributed by atoms with Crippen LogP contribution >= 0.6 is 0 Å².